The third-order valence-electron chi connectivity index (χ3n) is 4.28. The zero-order valence-electron chi connectivity index (χ0n) is 16.0. The molecule has 148 valence electrons. The molecule has 1 unspecified atom stereocenters. The first kappa shape index (κ1) is 23.0. The molecule has 2 rings (SSSR count). The second-order valence-electron chi connectivity index (χ2n) is 6.29. The van der Waals surface area contributed by atoms with Crippen molar-refractivity contribution in [1.29, 1.82) is 0 Å². The summed E-state index contributed by atoms with van der Waals surface area (Å²) < 4.78 is 5.41. The standard InChI is InChI=1S/C19H33N5O.HI/c1-3-20-19(23-16-17(2)24-12-14-25-15-13-24)22-11-7-10-21-18-8-5-4-6-9-18;/h4-6,8-9,17,21H,3,7,10-16H2,1-2H3,(H2,20,22,23);1H. The summed E-state index contributed by atoms with van der Waals surface area (Å²) in [5.41, 5.74) is 1.17. The number of nitrogens with zero attached hydrogens (tertiary/aromatic N) is 2. The number of ether oxygens (including phenoxy) is 1. The van der Waals surface area contributed by atoms with Gasteiger partial charge in [-0.05, 0) is 32.4 Å². The van der Waals surface area contributed by atoms with Crippen molar-refractivity contribution in [2.45, 2.75) is 26.3 Å². The number of halogens is 1. The van der Waals surface area contributed by atoms with Gasteiger partial charge >= 0.3 is 0 Å². The maximum atomic E-state index is 5.41. The zero-order chi connectivity index (χ0) is 17.7. The Bertz CT molecular complexity index is 494. The molecule has 1 aromatic carbocycles. The number of rotatable bonds is 9. The van der Waals surface area contributed by atoms with Crippen LogP contribution in [0.15, 0.2) is 35.3 Å². The number of hydrogen-bond acceptors (Lipinski definition) is 4. The average Bonchev–Trinajstić information content (AvgIpc) is 2.67. The fourth-order valence-electron chi connectivity index (χ4n) is 2.78. The van der Waals surface area contributed by atoms with Crippen molar-refractivity contribution in [2.75, 3.05) is 57.8 Å². The van der Waals surface area contributed by atoms with Gasteiger partial charge in [0.15, 0.2) is 5.96 Å². The van der Waals surface area contributed by atoms with Gasteiger partial charge in [-0.2, -0.15) is 0 Å². The van der Waals surface area contributed by atoms with Gasteiger partial charge in [-0.3, -0.25) is 9.89 Å². The van der Waals surface area contributed by atoms with Crippen molar-refractivity contribution in [3.8, 4) is 0 Å². The van der Waals surface area contributed by atoms with E-state index in [-0.39, 0.29) is 24.0 Å². The summed E-state index contributed by atoms with van der Waals surface area (Å²) in [4.78, 5) is 7.18. The minimum atomic E-state index is 0. The number of para-hydroxylation sites is 1. The monoisotopic (exact) mass is 475 g/mol. The largest absolute Gasteiger partial charge is 0.385 e. The highest BCUT2D eigenvalue weighted by atomic mass is 127. The lowest BCUT2D eigenvalue weighted by atomic mass is 10.2. The molecule has 1 atom stereocenters. The molecule has 26 heavy (non-hydrogen) atoms. The zero-order valence-corrected chi connectivity index (χ0v) is 18.4. The molecule has 1 aliphatic heterocycles. The lowest BCUT2D eigenvalue weighted by molar-refractivity contribution is 0.0220. The number of morpholine rings is 1. The Labute approximate surface area is 175 Å². The number of benzene rings is 1. The summed E-state index contributed by atoms with van der Waals surface area (Å²) >= 11 is 0. The van der Waals surface area contributed by atoms with Gasteiger partial charge in [-0.25, -0.2) is 0 Å². The minimum absolute atomic E-state index is 0. The highest BCUT2D eigenvalue weighted by molar-refractivity contribution is 14.0. The molecule has 1 saturated heterocycles. The maximum Gasteiger partial charge on any atom is 0.191 e. The van der Waals surface area contributed by atoms with Gasteiger partial charge in [0.05, 0.1) is 19.8 Å². The molecule has 0 aromatic heterocycles. The molecule has 1 aromatic rings. The Morgan fingerprint density at radius 1 is 1.15 bits per heavy atom. The molecule has 3 N–H and O–H groups in total. The van der Waals surface area contributed by atoms with E-state index in [1.54, 1.807) is 0 Å². The van der Waals surface area contributed by atoms with E-state index in [2.05, 4.69) is 46.8 Å². The van der Waals surface area contributed by atoms with Gasteiger partial charge in [0.2, 0.25) is 0 Å². The van der Waals surface area contributed by atoms with Crippen LogP contribution in [-0.2, 0) is 4.74 Å². The maximum absolute atomic E-state index is 5.41. The second kappa shape index (κ2) is 14.1. The smallest absolute Gasteiger partial charge is 0.191 e. The summed E-state index contributed by atoms with van der Waals surface area (Å²) in [5.74, 6) is 0.905. The van der Waals surface area contributed by atoms with Crippen LogP contribution in [0.5, 0.6) is 0 Å². The average molecular weight is 475 g/mol. The Morgan fingerprint density at radius 3 is 2.58 bits per heavy atom. The summed E-state index contributed by atoms with van der Waals surface area (Å²) in [5, 5.41) is 10.2. The van der Waals surface area contributed by atoms with Crippen LogP contribution in [0, 0.1) is 0 Å². The van der Waals surface area contributed by atoms with Gasteiger partial charge in [0.25, 0.3) is 0 Å². The molecule has 0 aliphatic carbocycles. The van der Waals surface area contributed by atoms with Crippen LogP contribution >= 0.6 is 24.0 Å². The minimum Gasteiger partial charge on any atom is -0.385 e. The van der Waals surface area contributed by atoms with Crippen molar-refractivity contribution in [1.82, 2.24) is 15.5 Å². The van der Waals surface area contributed by atoms with Crippen molar-refractivity contribution in [3.05, 3.63) is 30.3 Å². The van der Waals surface area contributed by atoms with E-state index in [0.717, 1.165) is 64.9 Å². The molecule has 0 amide bonds. The molecule has 1 heterocycles. The van der Waals surface area contributed by atoms with Crippen LogP contribution in [-0.4, -0.2) is 69.4 Å². The van der Waals surface area contributed by atoms with E-state index in [1.165, 1.54) is 5.69 Å². The van der Waals surface area contributed by atoms with E-state index < -0.39 is 0 Å². The Kier molecular flexibility index (Phi) is 12.4. The van der Waals surface area contributed by atoms with Crippen molar-refractivity contribution >= 4 is 35.6 Å². The van der Waals surface area contributed by atoms with Crippen LogP contribution in [0.25, 0.3) is 0 Å². The molecule has 1 aliphatic rings. The molecule has 0 saturated carbocycles. The van der Waals surface area contributed by atoms with E-state index in [9.17, 15) is 0 Å². The predicted octanol–water partition coefficient (Wildman–Crippen LogP) is 2.38. The molecule has 7 heteroatoms. The van der Waals surface area contributed by atoms with E-state index in [4.69, 9.17) is 9.73 Å². The predicted molar refractivity (Wildman–Crippen MR) is 121 cm³/mol. The lowest BCUT2D eigenvalue weighted by Crippen LogP contribution is -2.44. The molecule has 0 spiro atoms. The van der Waals surface area contributed by atoms with Gasteiger partial charge < -0.3 is 20.7 Å². The third-order valence-corrected chi connectivity index (χ3v) is 4.28. The van der Waals surface area contributed by atoms with Crippen LogP contribution in [0.1, 0.15) is 20.3 Å². The van der Waals surface area contributed by atoms with Crippen molar-refractivity contribution in [3.63, 3.8) is 0 Å². The van der Waals surface area contributed by atoms with Crippen LogP contribution in [0.2, 0.25) is 0 Å². The quantitative estimate of drug-likeness (QED) is 0.222. The molecule has 0 bridgehead atoms. The van der Waals surface area contributed by atoms with Crippen LogP contribution < -0.4 is 16.0 Å². The summed E-state index contributed by atoms with van der Waals surface area (Å²) in [6, 6.07) is 10.7. The number of anilines is 1. The normalized spacial score (nSPS) is 16.5. The number of hydrogen-bond donors (Lipinski definition) is 3. The van der Waals surface area contributed by atoms with E-state index in [1.807, 2.05) is 18.2 Å². The Morgan fingerprint density at radius 2 is 1.88 bits per heavy atom. The number of nitrogens with one attached hydrogen (secondary N) is 3. The summed E-state index contributed by atoms with van der Waals surface area (Å²) in [7, 11) is 0. The summed E-state index contributed by atoms with van der Waals surface area (Å²) in [6.07, 6.45) is 1.04. The van der Waals surface area contributed by atoms with Gasteiger partial charge in [0, 0.05) is 44.5 Å². The Hall–Kier alpha value is -1.06. The SMILES string of the molecule is CCNC(=NCC(C)N1CCOCC1)NCCCNc1ccccc1.I. The fraction of sp³-hybridized carbons (Fsp3) is 0.632. The molecular formula is C19H34IN5O. The first-order valence-electron chi connectivity index (χ1n) is 9.42. The number of guanidine groups is 1. The first-order valence-corrected chi connectivity index (χ1v) is 9.42. The van der Waals surface area contributed by atoms with Crippen molar-refractivity contribution in [2.24, 2.45) is 4.99 Å². The molecule has 6 nitrogen and oxygen atoms in total. The van der Waals surface area contributed by atoms with Gasteiger partial charge in [-0.15, -0.1) is 24.0 Å². The summed E-state index contributed by atoms with van der Waals surface area (Å²) in [6.45, 7) is 11.5. The molecular weight excluding hydrogens is 441 g/mol. The highest BCUT2D eigenvalue weighted by Gasteiger charge is 2.16. The van der Waals surface area contributed by atoms with Crippen molar-refractivity contribution < 1.29 is 4.74 Å². The topological polar surface area (TPSA) is 60.9 Å². The van der Waals surface area contributed by atoms with Crippen LogP contribution in [0.4, 0.5) is 5.69 Å². The first-order chi connectivity index (χ1) is 12.3. The second-order valence-corrected chi connectivity index (χ2v) is 6.29. The Balaban J connectivity index is 0.00000338. The van der Waals surface area contributed by atoms with Crippen LogP contribution in [0.3, 0.4) is 0 Å². The number of aliphatic imine (C=N–C) groups is 1. The highest BCUT2D eigenvalue weighted by Crippen LogP contribution is 2.05. The van der Waals surface area contributed by atoms with E-state index in [0.29, 0.717) is 6.04 Å². The van der Waals surface area contributed by atoms with E-state index >= 15 is 0 Å². The fourth-order valence-corrected chi connectivity index (χ4v) is 2.78. The third kappa shape index (κ3) is 9.05. The molecule has 0 radical (unpaired) electrons. The lowest BCUT2D eigenvalue weighted by Gasteiger charge is -2.31. The van der Waals surface area contributed by atoms with Gasteiger partial charge in [-0.1, -0.05) is 18.2 Å². The van der Waals surface area contributed by atoms with Gasteiger partial charge in [0.1, 0.15) is 0 Å². The molecule has 1 fully saturated rings.